The van der Waals surface area contributed by atoms with E-state index in [1.807, 2.05) is 13.0 Å². The van der Waals surface area contributed by atoms with E-state index in [-0.39, 0.29) is 11.5 Å². The lowest BCUT2D eigenvalue weighted by Gasteiger charge is -2.00. The van der Waals surface area contributed by atoms with Crippen molar-refractivity contribution < 1.29 is 9.18 Å². The molecule has 0 radical (unpaired) electrons. The van der Waals surface area contributed by atoms with Gasteiger partial charge in [0, 0.05) is 10.4 Å². The molecule has 1 aromatic heterocycles. The van der Waals surface area contributed by atoms with Gasteiger partial charge in [-0.25, -0.2) is 4.39 Å². The van der Waals surface area contributed by atoms with Crippen molar-refractivity contribution in [3.63, 3.8) is 0 Å². The number of carbonyl (C=O) groups excluding carboxylic acids is 1. The van der Waals surface area contributed by atoms with Crippen molar-refractivity contribution >= 4 is 22.8 Å². The van der Waals surface area contributed by atoms with Crippen LogP contribution in [-0.2, 0) is 6.42 Å². The van der Waals surface area contributed by atoms with E-state index in [0.29, 0.717) is 10.4 Å². The normalized spacial score (nSPS) is 10.5. The second-order valence-corrected chi connectivity index (χ2v) is 4.85. The second kappa shape index (κ2) is 4.67. The van der Waals surface area contributed by atoms with Gasteiger partial charge in [0.1, 0.15) is 5.82 Å². The van der Waals surface area contributed by atoms with E-state index in [9.17, 15) is 9.18 Å². The maximum Gasteiger partial charge on any atom is 0.203 e. The minimum atomic E-state index is -0.498. The Morgan fingerprint density at radius 1 is 1.35 bits per heavy atom. The lowest BCUT2D eigenvalue weighted by atomic mass is 10.1. The van der Waals surface area contributed by atoms with Crippen molar-refractivity contribution in [3.8, 4) is 0 Å². The zero-order valence-electron chi connectivity index (χ0n) is 9.37. The highest BCUT2D eigenvalue weighted by Gasteiger charge is 2.12. The summed E-state index contributed by atoms with van der Waals surface area (Å²) >= 11 is 1.46. The van der Waals surface area contributed by atoms with Crippen molar-refractivity contribution in [1.82, 2.24) is 0 Å². The molecule has 2 rings (SSSR count). The van der Waals surface area contributed by atoms with Gasteiger partial charge in [0.05, 0.1) is 10.6 Å². The van der Waals surface area contributed by atoms with Crippen LogP contribution in [-0.4, -0.2) is 5.78 Å². The number of ketones is 1. The molecule has 0 saturated carbocycles. The van der Waals surface area contributed by atoms with Crippen molar-refractivity contribution in [3.05, 3.63) is 51.5 Å². The fourth-order valence-corrected chi connectivity index (χ4v) is 2.43. The highest BCUT2D eigenvalue weighted by atomic mass is 32.1. The Labute approximate surface area is 103 Å². The molecule has 17 heavy (non-hydrogen) atoms. The van der Waals surface area contributed by atoms with E-state index < -0.39 is 5.82 Å². The molecule has 1 heterocycles. The van der Waals surface area contributed by atoms with Gasteiger partial charge in [0.2, 0.25) is 5.78 Å². The monoisotopic (exact) mass is 249 g/mol. The maximum absolute atomic E-state index is 13.0. The number of benzene rings is 1. The number of anilines is 1. The molecule has 4 heteroatoms. The first-order chi connectivity index (χ1) is 8.11. The van der Waals surface area contributed by atoms with Gasteiger partial charge in [-0.1, -0.05) is 6.92 Å². The molecule has 2 nitrogen and oxygen atoms in total. The highest BCUT2D eigenvalue weighted by molar-refractivity contribution is 7.14. The molecule has 0 unspecified atom stereocenters. The molecule has 2 N–H and O–H groups in total. The summed E-state index contributed by atoms with van der Waals surface area (Å²) in [6.45, 7) is 2.04. The van der Waals surface area contributed by atoms with Crippen LogP contribution >= 0.6 is 11.3 Å². The summed E-state index contributed by atoms with van der Waals surface area (Å²) in [7, 11) is 0. The van der Waals surface area contributed by atoms with Crippen LogP contribution < -0.4 is 5.73 Å². The Morgan fingerprint density at radius 2 is 2.12 bits per heavy atom. The second-order valence-electron chi connectivity index (χ2n) is 3.68. The van der Waals surface area contributed by atoms with E-state index in [1.54, 1.807) is 6.07 Å². The lowest BCUT2D eigenvalue weighted by Crippen LogP contribution is -2.01. The Bertz CT molecular complexity index is 562. The minimum Gasteiger partial charge on any atom is -0.396 e. The van der Waals surface area contributed by atoms with Crippen LogP contribution in [0.4, 0.5) is 10.1 Å². The average molecular weight is 249 g/mol. The average Bonchev–Trinajstić information content (AvgIpc) is 2.80. The standard InChI is InChI=1S/C13H12FNOS/c1-2-9-4-6-12(17-9)13(16)8-3-5-10(14)11(15)7-8/h3-7H,2,15H2,1H3. The van der Waals surface area contributed by atoms with Crippen molar-refractivity contribution in [1.29, 1.82) is 0 Å². The summed E-state index contributed by atoms with van der Waals surface area (Å²) in [5.74, 6) is -0.608. The third-order valence-electron chi connectivity index (χ3n) is 2.49. The molecular formula is C13H12FNOS. The molecular weight excluding hydrogens is 237 g/mol. The lowest BCUT2D eigenvalue weighted by molar-refractivity contribution is 0.104. The number of nitrogens with two attached hydrogens (primary N) is 1. The van der Waals surface area contributed by atoms with Crippen LogP contribution in [0.15, 0.2) is 30.3 Å². The van der Waals surface area contributed by atoms with Crippen molar-refractivity contribution in [2.75, 3.05) is 5.73 Å². The zero-order chi connectivity index (χ0) is 12.4. The summed E-state index contributed by atoms with van der Waals surface area (Å²) in [6.07, 6.45) is 0.906. The van der Waals surface area contributed by atoms with Crippen LogP contribution in [0.25, 0.3) is 0 Å². The van der Waals surface area contributed by atoms with Crippen LogP contribution in [0.3, 0.4) is 0 Å². The summed E-state index contributed by atoms with van der Waals surface area (Å²) in [4.78, 5) is 13.9. The van der Waals surface area contributed by atoms with Gasteiger partial charge >= 0.3 is 0 Å². The Kier molecular flexibility index (Phi) is 3.24. The van der Waals surface area contributed by atoms with Gasteiger partial charge in [0.25, 0.3) is 0 Å². The van der Waals surface area contributed by atoms with E-state index in [4.69, 9.17) is 5.73 Å². The maximum atomic E-state index is 13.0. The van der Waals surface area contributed by atoms with Gasteiger partial charge in [-0.15, -0.1) is 11.3 Å². The fourth-order valence-electron chi connectivity index (χ4n) is 1.52. The molecule has 0 amide bonds. The fraction of sp³-hybridized carbons (Fsp3) is 0.154. The molecule has 0 saturated heterocycles. The minimum absolute atomic E-state index is 0.00289. The summed E-state index contributed by atoms with van der Waals surface area (Å²) in [6, 6.07) is 7.79. The van der Waals surface area contributed by atoms with Crippen LogP contribution in [0.1, 0.15) is 27.0 Å². The van der Waals surface area contributed by atoms with E-state index in [1.165, 1.54) is 29.5 Å². The number of aryl methyl sites for hydroxylation is 1. The number of carbonyl (C=O) groups is 1. The van der Waals surface area contributed by atoms with Gasteiger partial charge in [-0.2, -0.15) is 0 Å². The first kappa shape index (κ1) is 11.8. The Hall–Kier alpha value is -1.68. The number of halogens is 1. The predicted octanol–water partition coefficient (Wildman–Crippen LogP) is 3.26. The zero-order valence-corrected chi connectivity index (χ0v) is 10.2. The predicted molar refractivity (Wildman–Crippen MR) is 67.9 cm³/mol. The Morgan fingerprint density at radius 3 is 2.71 bits per heavy atom. The summed E-state index contributed by atoms with van der Waals surface area (Å²) < 4.78 is 13.0. The molecule has 0 atom stereocenters. The molecule has 0 aliphatic carbocycles. The third kappa shape index (κ3) is 2.36. The van der Waals surface area contributed by atoms with Crippen molar-refractivity contribution in [2.24, 2.45) is 0 Å². The molecule has 1 aromatic carbocycles. The smallest absolute Gasteiger partial charge is 0.203 e. The van der Waals surface area contributed by atoms with Gasteiger partial charge in [0.15, 0.2) is 0 Å². The van der Waals surface area contributed by atoms with Crippen LogP contribution in [0, 0.1) is 5.82 Å². The molecule has 2 aromatic rings. The first-order valence-corrected chi connectivity index (χ1v) is 6.12. The van der Waals surface area contributed by atoms with Gasteiger partial charge in [-0.05, 0) is 36.8 Å². The van der Waals surface area contributed by atoms with E-state index in [0.717, 1.165) is 11.3 Å². The topological polar surface area (TPSA) is 43.1 Å². The third-order valence-corrected chi connectivity index (χ3v) is 3.72. The molecule has 0 fully saturated rings. The summed E-state index contributed by atoms with van der Waals surface area (Å²) in [5, 5.41) is 0. The summed E-state index contributed by atoms with van der Waals surface area (Å²) in [5.41, 5.74) is 5.87. The number of nitrogen functional groups attached to an aromatic ring is 1. The number of thiophene rings is 1. The largest absolute Gasteiger partial charge is 0.396 e. The van der Waals surface area contributed by atoms with Crippen molar-refractivity contribution in [2.45, 2.75) is 13.3 Å². The van der Waals surface area contributed by atoms with E-state index >= 15 is 0 Å². The Balaban J connectivity index is 2.33. The highest BCUT2D eigenvalue weighted by Crippen LogP contribution is 2.22. The molecule has 88 valence electrons. The SMILES string of the molecule is CCc1ccc(C(=O)c2ccc(F)c(N)c2)s1. The molecule has 0 spiro atoms. The number of rotatable bonds is 3. The van der Waals surface area contributed by atoms with Crippen LogP contribution in [0.2, 0.25) is 0 Å². The van der Waals surface area contributed by atoms with Gasteiger partial charge in [-0.3, -0.25) is 4.79 Å². The first-order valence-electron chi connectivity index (χ1n) is 5.30. The quantitative estimate of drug-likeness (QED) is 0.670. The number of hydrogen-bond acceptors (Lipinski definition) is 3. The molecule has 0 aliphatic rings. The molecule has 0 bridgehead atoms. The number of hydrogen-bond donors (Lipinski definition) is 1. The van der Waals surface area contributed by atoms with Gasteiger partial charge < -0.3 is 5.73 Å². The molecule has 0 aliphatic heterocycles. The van der Waals surface area contributed by atoms with Crippen LogP contribution in [0.5, 0.6) is 0 Å². The van der Waals surface area contributed by atoms with E-state index in [2.05, 4.69) is 0 Å².